The number of likely N-dealkylation sites (tertiary alicyclic amines) is 1. The summed E-state index contributed by atoms with van der Waals surface area (Å²) >= 11 is 0. The Morgan fingerprint density at radius 1 is 1.10 bits per heavy atom. The van der Waals surface area contributed by atoms with Crippen molar-refractivity contribution >= 4 is 22.7 Å². The second kappa shape index (κ2) is 10.1. The molecule has 31 heavy (non-hydrogen) atoms. The minimum absolute atomic E-state index is 0.164. The third-order valence-electron chi connectivity index (χ3n) is 6.94. The van der Waals surface area contributed by atoms with Crippen molar-refractivity contribution in [2.45, 2.75) is 89.3 Å². The summed E-state index contributed by atoms with van der Waals surface area (Å²) in [5.41, 5.74) is 2.21. The zero-order chi connectivity index (χ0) is 21.8. The maximum atomic E-state index is 9.96. The highest BCUT2D eigenvalue weighted by atomic mass is 16.3. The highest BCUT2D eigenvalue weighted by Gasteiger charge is 2.25. The first-order valence-corrected chi connectivity index (χ1v) is 12.1. The number of aliphatic hydroxyl groups is 1. The van der Waals surface area contributed by atoms with Gasteiger partial charge < -0.3 is 20.6 Å². The largest absolute Gasteiger partial charge is 0.393 e. The molecular weight excluding hydrogens is 388 g/mol. The molecule has 2 aliphatic rings. The van der Waals surface area contributed by atoms with E-state index in [0.29, 0.717) is 23.9 Å². The van der Waals surface area contributed by atoms with Crippen molar-refractivity contribution in [3.8, 4) is 0 Å². The quantitative estimate of drug-likeness (QED) is 0.613. The molecule has 2 aromatic heterocycles. The maximum absolute atomic E-state index is 9.96. The van der Waals surface area contributed by atoms with Crippen LogP contribution in [0.25, 0.3) is 10.9 Å². The van der Waals surface area contributed by atoms with E-state index >= 15 is 0 Å². The van der Waals surface area contributed by atoms with Crippen molar-refractivity contribution in [1.82, 2.24) is 19.9 Å². The highest BCUT2D eigenvalue weighted by molar-refractivity contribution is 5.91. The van der Waals surface area contributed by atoms with Gasteiger partial charge in [0.15, 0.2) is 0 Å². The first kappa shape index (κ1) is 22.2. The number of anilines is 2. The third kappa shape index (κ3) is 5.44. The first-order chi connectivity index (χ1) is 15.0. The van der Waals surface area contributed by atoms with Gasteiger partial charge in [0.1, 0.15) is 5.82 Å². The average molecular weight is 427 g/mol. The molecule has 1 atom stereocenters. The molecule has 3 heterocycles. The van der Waals surface area contributed by atoms with Crippen LogP contribution in [0.1, 0.15) is 76.7 Å². The summed E-state index contributed by atoms with van der Waals surface area (Å²) in [7, 11) is 2.18. The lowest BCUT2D eigenvalue weighted by atomic mass is 9.82. The van der Waals surface area contributed by atoms with Crippen LogP contribution in [-0.2, 0) is 0 Å². The van der Waals surface area contributed by atoms with Crippen LogP contribution in [0.4, 0.5) is 11.8 Å². The Morgan fingerprint density at radius 3 is 2.55 bits per heavy atom. The lowest BCUT2D eigenvalue weighted by molar-refractivity contribution is 0.122. The van der Waals surface area contributed by atoms with E-state index in [1.165, 1.54) is 5.56 Å². The molecule has 0 spiro atoms. The molecule has 4 rings (SSSR count). The summed E-state index contributed by atoms with van der Waals surface area (Å²) in [6.07, 6.45) is 11.9. The molecule has 1 saturated heterocycles. The van der Waals surface area contributed by atoms with E-state index in [4.69, 9.17) is 9.97 Å². The number of nitrogens with zero attached hydrogens (tertiary/aromatic N) is 4. The van der Waals surface area contributed by atoms with Crippen LogP contribution in [0.5, 0.6) is 0 Å². The van der Waals surface area contributed by atoms with E-state index in [-0.39, 0.29) is 6.10 Å². The van der Waals surface area contributed by atoms with E-state index in [1.54, 1.807) is 0 Å². The van der Waals surface area contributed by atoms with Gasteiger partial charge in [-0.25, -0.2) is 15.0 Å². The molecule has 3 N–H and O–H groups in total. The highest BCUT2D eigenvalue weighted by Crippen LogP contribution is 2.37. The Morgan fingerprint density at radius 2 is 1.84 bits per heavy atom. The van der Waals surface area contributed by atoms with Crippen molar-refractivity contribution in [1.29, 1.82) is 0 Å². The second-order valence-corrected chi connectivity index (χ2v) is 9.58. The number of pyridine rings is 1. The van der Waals surface area contributed by atoms with Crippen molar-refractivity contribution < 1.29 is 5.11 Å². The second-order valence-electron chi connectivity index (χ2n) is 9.58. The third-order valence-corrected chi connectivity index (χ3v) is 6.94. The predicted molar refractivity (Wildman–Crippen MR) is 127 cm³/mol. The van der Waals surface area contributed by atoms with Crippen molar-refractivity contribution in [3.63, 3.8) is 0 Å². The van der Waals surface area contributed by atoms with Gasteiger partial charge in [-0.05, 0) is 77.9 Å². The number of nitrogens with one attached hydrogen (secondary N) is 2. The van der Waals surface area contributed by atoms with Gasteiger partial charge in [-0.3, -0.25) is 0 Å². The van der Waals surface area contributed by atoms with E-state index in [2.05, 4.69) is 41.4 Å². The monoisotopic (exact) mass is 426 g/mol. The molecule has 1 aliphatic carbocycles. The minimum Gasteiger partial charge on any atom is -0.393 e. The summed E-state index contributed by atoms with van der Waals surface area (Å²) in [6.45, 7) is 6.59. The number of hydrogen-bond donors (Lipinski definition) is 3. The molecule has 2 fully saturated rings. The molecule has 1 aliphatic heterocycles. The standard InChI is InChI=1S/C24H38N6O/c1-4-5-16(2)27-24-26-15-21-22(29-24)20(17-6-8-19(31)9-7-17)14-25-23(21)28-18-10-12-30(3)13-11-18/h14-19,31H,4-13H2,1-3H3,(H,25,28)(H,26,27,29). The summed E-state index contributed by atoms with van der Waals surface area (Å²) in [5.74, 6) is 1.99. The van der Waals surface area contributed by atoms with Gasteiger partial charge >= 0.3 is 0 Å². The summed E-state index contributed by atoms with van der Waals surface area (Å²) in [6, 6.07) is 0.777. The van der Waals surface area contributed by atoms with Gasteiger partial charge in [-0.2, -0.15) is 0 Å². The fourth-order valence-corrected chi connectivity index (χ4v) is 4.98. The van der Waals surface area contributed by atoms with Crippen LogP contribution in [0, 0.1) is 0 Å². The molecule has 2 aromatic rings. The SMILES string of the molecule is CCCC(C)Nc1ncc2c(NC3CCN(C)CC3)ncc(C3CCC(O)CC3)c2n1. The van der Waals surface area contributed by atoms with Gasteiger partial charge in [0, 0.05) is 30.0 Å². The topological polar surface area (TPSA) is 86.2 Å². The first-order valence-electron chi connectivity index (χ1n) is 12.1. The number of hydrogen-bond acceptors (Lipinski definition) is 7. The van der Waals surface area contributed by atoms with E-state index < -0.39 is 0 Å². The van der Waals surface area contributed by atoms with Gasteiger partial charge in [0.25, 0.3) is 0 Å². The van der Waals surface area contributed by atoms with Crippen molar-refractivity contribution in [2.24, 2.45) is 0 Å². The molecule has 170 valence electrons. The molecule has 0 amide bonds. The predicted octanol–water partition coefficient (Wildman–Crippen LogP) is 4.15. The zero-order valence-electron chi connectivity index (χ0n) is 19.3. The molecule has 1 saturated carbocycles. The lowest BCUT2D eigenvalue weighted by Gasteiger charge is -2.30. The minimum atomic E-state index is -0.164. The maximum Gasteiger partial charge on any atom is 0.223 e. The number of aliphatic hydroxyl groups excluding tert-OH is 1. The smallest absolute Gasteiger partial charge is 0.223 e. The Labute approximate surface area is 186 Å². The summed E-state index contributed by atoms with van der Waals surface area (Å²) in [4.78, 5) is 16.9. The number of fused-ring (bicyclic) bond motifs is 1. The van der Waals surface area contributed by atoms with Crippen LogP contribution >= 0.6 is 0 Å². The summed E-state index contributed by atoms with van der Waals surface area (Å²) in [5, 5.41) is 18.1. The average Bonchev–Trinajstić information content (AvgIpc) is 2.76. The van der Waals surface area contributed by atoms with Crippen LogP contribution in [0.15, 0.2) is 12.4 Å². The van der Waals surface area contributed by atoms with Crippen LogP contribution in [0.2, 0.25) is 0 Å². The van der Waals surface area contributed by atoms with Gasteiger partial charge in [-0.1, -0.05) is 13.3 Å². The molecule has 7 heteroatoms. The molecule has 0 aromatic carbocycles. The van der Waals surface area contributed by atoms with Gasteiger partial charge in [-0.15, -0.1) is 0 Å². The summed E-state index contributed by atoms with van der Waals surface area (Å²) < 4.78 is 0. The molecule has 0 radical (unpaired) electrons. The molecule has 1 unspecified atom stereocenters. The van der Waals surface area contributed by atoms with Crippen LogP contribution in [0.3, 0.4) is 0 Å². The van der Waals surface area contributed by atoms with Gasteiger partial charge in [0.05, 0.1) is 17.0 Å². The van der Waals surface area contributed by atoms with E-state index in [1.807, 2.05) is 12.4 Å². The van der Waals surface area contributed by atoms with Crippen LogP contribution < -0.4 is 10.6 Å². The van der Waals surface area contributed by atoms with E-state index in [0.717, 1.165) is 81.2 Å². The number of piperidine rings is 1. The Hall–Kier alpha value is -1.99. The number of rotatable bonds is 7. The number of aromatic nitrogens is 3. The van der Waals surface area contributed by atoms with Crippen LogP contribution in [-0.4, -0.2) is 63.3 Å². The lowest BCUT2D eigenvalue weighted by Crippen LogP contribution is -2.37. The Kier molecular flexibility index (Phi) is 7.23. The molecule has 0 bridgehead atoms. The molecule has 7 nitrogen and oxygen atoms in total. The molecular formula is C24H38N6O. The Bertz CT molecular complexity index is 859. The Balaban J connectivity index is 1.65. The van der Waals surface area contributed by atoms with Gasteiger partial charge in [0.2, 0.25) is 5.95 Å². The van der Waals surface area contributed by atoms with Crippen molar-refractivity contribution in [2.75, 3.05) is 30.8 Å². The van der Waals surface area contributed by atoms with Crippen molar-refractivity contribution in [3.05, 3.63) is 18.0 Å². The zero-order valence-corrected chi connectivity index (χ0v) is 19.3. The normalized spacial score (nSPS) is 24.3. The fourth-order valence-electron chi connectivity index (χ4n) is 4.98. The fraction of sp³-hybridized carbons (Fsp3) is 0.708. The van der Waals surface area contributed by atoms with E-state index in [9.17, 15) is 5.11 Å².